The first-order valence-corrected chi connectivity index (χ1v) is 5.59. The predicted octanol–water partition coefficient (Wildman–Crippen LogP) is 3.92. The topological polar surface area (TPSA) is 9.23 Å². The minimum atomic E-state index is 0.272. The molecule has 1 aliphatic carbocycles. The number of rotatable bonds is 3. The molecule has 0 aromatic rings. The molecular weight excluding hydrogens is 172 g/mol. The Morgan fingerprint density at radius 3 is 2.43 bits per heavy atom. The Balaban J connectivity index is 2.79. The molecule has 0 bridgehead atoms. The quantitative estimate of drug-likeness (QED) is 0.661. The fourth-order valence-electron chi connectivity index (χ4n) is 1.72. The van der Waals surface area contributed by atoms with Crippen molar-refractivity contribution < 1.29 is 4.74 Å². The monoisotopic (exact) mass is 194 g/mol. The molecule has 1 unspecified atom stereocenters. The van der Waals surface area contributed by atoms with E-state index in [9.17, 15) is 0 Å². The number of allylic oxidation sites excluding steroid dienone is 3. The summed E-state index contributed by atoms with van der Waals surface area (Å²) in [6.07, 6.45) is 6.01. The standard InChI is InChI=1S/C13H22O/c1-9(2)12-7-6-11(5)8-13(12)14-10(3)4/h7-11H,6H2,1-5H3. The van der Waals surface area contributed by atoms with E-state index in [1.165, 1.54) is 5.57 Å². The molecule has 0 saturated carbocycles. The Hall–Kier alpha value is -0.720. The van der Waals surface area contributed by atoms with Crippen LogP contribution >= 0.6 is 0 Å². The van der Waals surface area contributed by atoms with E-state index < -0.39 is 0 Å². The van der Waals surface area contributed by atoms with Gasteiger partial charge in [0.25, 0.3) is 0 Å². The zero-order chi connectivity index (χ0) is 10.7. The molecule has 1 aliphatic rings. The molecular formula is C13H22O. The third-order valence-electron chi connectivity index (χ3n) is 2.41. The number of ether oxygens (including phenoxy) is 1. The highest BCUT2D eigenvalue weighted by molar-refractivity contribution is 5.31. The third-order valence-corrected chi connectivity index (χ3v) is 2.41. The van der Waals surface area contributed by atoms with Crippen LogP contribution in [-0.4, -0.2) is 6.10 Å². The molecule has 1 rings (SSSR count). The molecule has 0 amide bonds. The van der Waals surface area contributed by atoms with Crippen molar-refractivity contribution >= 4 is 0 Å². The molecule has 0 heterocycles. The van der Waals surface area contributed by atoms with E-state index in [4.69, 9.17) is 4.74 Å². The first kappa shape index (κ1) is 11.4. The molecule has 0 fully saturated rings. The Kier molecular flexibility index (Phi) is 3.79. The highest BCUT2D eigenvalue weighted by atomic mass is 16.5. The van der Waals surface area contributed by atoms with Gasteiger partial charge in [0.05, 0.1) is 6.10 Å². The Morgan fingerprint density at radius 1 is 1.29 bits per heavy atom. The molecule has 0 aromatic carbocycles. The zero-order valence-corrected chi connectivity index (χ0v) is 10.0. The van der Waals surface area contributed by atoms with Crippen molar-refractivity contribution in [2.45, 2.75) is 47.1 Å². The molecule has 0 spiro atoms. The predicted molar refractivity (Wildman–Crippen MR) is 61.0 cm³/mol. The van der Waals surface area contributed by atoms with Crippen LogP contribution in [-0.2, 0) is 4.74 Å². The summed E-state index contributed by atoms with van der Waals surface area (Å²) in [4.78, 5) is 0. The summed E-state index contributed by atoms with van der Waals surface area (Å²) in [7, 11) is 0. The lowest BCUT2D eigenvalue weighted by atomic mass is 9.90. The lowest BCUT2D eigenvalue weighted by Crippen LogP contribution is -2.12. The van der Waals surface area contributed by atoms with Gasteiger partial charge in [0.15, 0.2) is 0 Å². The van der Waals surface area contributed by atoms with Crippen LogP contribution in [0, 0.1) is 11.8 Å². The van der Waals surface area contributed by atoms with Gasteiger partial charge in [-0.3, -0.25) is 0 Å². The van der Waals surface area contributed by atoms with E-state index in [1.807, 2.05) is 0 Å². The van der Waals surface area contributed by atoms with Crippen LogP contribution in [0.5, 0.6) is 0 Å². The summed E-state index contributed by atoms with van der Waals surface area (Å²) in [5.74, 6) is 2.28. The van der Waals surface area contributed by atoms with Crippen molar-refractivity contribution in [3.05, 3.63) is 23.5 Å². The zero-order valence-electron chi connectivity index (χ0n) is 10.0. The molecule has 80 valence electrons. The average Bonchev–Trinajstić information content (AvgIpc) is 2.01. The summed E-state index contributed by atoms with van der Waals surface area (Å²) < 4.78 is 5.83. The van der Waals surface area contributed by atoms with E-state index in [0.29, 0.717) is 11.8 Å². The van der Waals surface area contributed by atoms with E-state index in [-0.39, 0.29) is 6.10 Å². The van der Waals surface area contributed by atoms with Gasteiger partial charge < -0.3 is 4.74 Å². The van der Waals surface area contributed by atoms with Crippen LogP contribution in [0.1, 0.15) is 41.0 Å². The normalized spacial score (nSPS) is 22.4. The van der Waals surface area contributed by atoms with Crippen molar-refractivity contribution in [2.24, 2.45) is 11.8 Å². The van der Waals surface area contributed by atoms with E-state index in [1.54, 1.807) is 0 Å². The summed E-state index contributed by atoms with van der Waals surface area (Å²) in [6.45, 7) is 10.8. The second kappa shape index (κ2) is 4.68. The van der Waals surface area contributed by atoms with E-state index in [2.05, 4.69) is 46.8 Å². The minimum Gasteiger partial charge on any atom is -0.491 e. The molecule has 0 saturated heterocycles. The lowest BCUT2D eigenvalue weighted by Gasteiger charge is -2.24. The highest BCUT2D eigenvalue weighted by Crippen LogP contribution is 2.29. The molecule has 1 heteroatoms. The SMILES string of the molecule is CC1C=C(OC(C)C)C(C(C)C)=CC1. The van der Waals surface area contributed by atoms with Gasteiger partial charge in [-0.15, -0.1) is 0 Å². The van der Waals surface area contributed by atoms with Crippen LogP contribution < -0.4 is 0 Å². The Bertz CT molecular complexity index is 246. The molecule has 1 nitrogen and oxygen atoms in total. The van der Waals surface area contributed by atoms with Crippen LogP contribution in [0.2, 0.25) is 0 Å². The smallest absolute Gasteiger partial charge is 0.119 e. The fraction of sp³-hybridized carbons (Fsp3) is 0.692. The molecule has 0 aliphatic heterocycles. The second-order valence-electron chi connectivity index (χ2n) is 4.72. The Morgan fingerprint density at radius 2 is 1.93 bits per heavy atom. The van der Waals surface area contributed by atoms with Crippen molar-refractivity contribution in [1.29, 1.82) is 0 Å². The largest absolute Gasteiger partial charge is 0.491 e. The first-order valence-electron chi connectivity index (χ1n) is 5.59. The summed E-state index contributed by atoms with van der Waals surface area (Å²) in [6, 6.07) is 0. The summed E-state index contributed by atoms with van der Waals surface area (Å²) in [5.41, 5.74) is 1.37. The van der Waals surface area contributed by atoms with Crippen LogP contribution in [0.15, 0.2) is 23.5 Å². The first-order chi connectivity index (χ1) is 6.50. The molecule has 1 atom stereocenters. The minimum absolute atomic E-state index is 0.272. The third kappa shape index (κ3) is 2.90. The fourth-order valence-corrected chi connectivity index (χ4v) is 1.72. The number of hydrogen-bond acceptors (Lipinski definition) is 1. The van der Waals surface area contributed by atoms with Crippen molar-refractivity contribution in [3.8, 4) is 0 Å². The average molecular weight is 194 g/mol. The molecule has 0 aromatic heterocycles. The van der Waals surface area contributed by atoms with Gasteiger partial charge in [0, 0.05) is 0 Å². The highest BCUT2D eigenvalue weighted by Gasteiger charge is 2.17. The van der Waals surface area contributed by atoms with Crippen molar-refractivity contribution in [2.75, 3.05) is 0 Å². The second-order valence-corrected chi connectivity index (χ2v) is 4.72. The maximum Gasteiger partial charge on any atom is 0.119 e. The molecule has 14 heavy (non-hydrogen) atoms. The van der Waals surface area contributed by atoms with Crippen LogP contribution in [0.25, 0.3) is 0 Å². The van der Waals surface area contributed by atoms with Crippen molar-refractivity contribution in [3.63, 3.8) is 0 Å². The maximum atomic E-state index is 5.83. The summed E-state index contributed by atoms with van der Waals surface area (Å²) in [5, 5.41) is 0. The lowest BCUT2D eigenvalue weighted by molar-refractivity contribution is 0.148. The van der Waals surface area contributed by atoms with Gasteiger partial charge in [-0.2, -0.15) is 0 Å². The van der Waals surface area contributed by atoms with E-state index in [0.717, 1.165) is 12.2 Å². The Labute approximate surface area is 87.8 Å². The summed E-state index contributed by atoms with van der Waals surface area (Å²) >= 11 is 0. The van der Waals surface area contributed by atoms with Gasteiger partial charge in [0.1, 0.15) is 5.76 Å². The molecule has 0 N–H and O–H groups in total. The number of hydrogen-bond donors (Lipinski definition) is 0. The van der Waals surface area contributed by atoms with Gasteiger partial charge in [-0.05, 0) is 43.8 Å². The van der Waals surface area contributed by atoms with Gasteiger partial charge in [0.2, 0.25) is 0 Å². The van der Waals surface area contributed by atoms with Crippen LogP contribution in [0.4, 0.5) is 0 Å². The van der Waals surface area contributed by atoms with Gasteiger partial charge in [-0.25, -0.2) is 0 Å². The van der Waals surface area contributed by atoms with Crippen LogP contribution in [0.3, 0.4) is 0 Å². The van der Waals surface area contributed by atoms with E-state index >= 15 is 0 Å². The maximum absolute atomic E-state index is 5.83. The van der Waals surface area contributed by atoms with Gasteiger partial charge in [-0.1, -0.05) is 26.8 Å². The van der Waals surface area contributed by atoms with Gasteiger partial charge >= 0.3 is 0 Å². The molecule has 0 radical (unpaired) electrons. The van der Waals surface area contributed by atoms with Crippen molar-refractivity contribution in [1.82, 2.24) is 0 Å².